The van der Waals surface area contributed by atoms with Crippen LogP contribution in [0.4, 0.5) is 0 Å². The third-order valence-corrected chi connectivity index (χ3v) is 4.51. The number of para-hydroxylation sites is 2. The van der Waals surface area contributed by atoms with E-state index in [4.69, 9.17) is 9.47 Å². The van der Waals surface area contributed by atoms with Gasteiger partial charge < -0.3 is 9.47 Å². The van der Waals surface area contributed by atoms with Crippen LogP contribution in [0.3, 0.4) is 0 Å². The Morgan fingerprint density at radius 3 is 2.67 bits per heavy atom. The number of hydrogen-bond acceptors (Lipinski definition) is 4. The molecule has 1 saturated carbocycles. The van der Waals surface area contributed by atoms with Crippen LogP contribution in [0.2, 0.25) is 0 Å². The van der Waals surface area contributed by atoms with Crippen molar-refractivity contribution in [3.05, 3.63) is 24.3 Å². The predicted molar refractivity (Wildman–Crippen MR) is 95.4 cm³/mol. The standard InChI is InChI=1S/C19H28N2O3/c1-13(2)15-10-9-14(3)11-16(15)20-21-19(22)12-24-18-8-6-5-7-17(18)23-4/h5-8,13-15H,9-12H2,1-4H3,(H,21,22)/b20-16-/t14-,15-/m0/s1. The number of ether oxygens (including phenoxy) is 2. The molecule has 24 heavy (non-hydrogen) atoms. The van der Waals surface area contributed by atoms with Gasteiger partial charge in [0, 0.05) is 11.6 Å². The van der Waals surface area contributed by atoms with E-state index >= 15 is 0 Å². The first-order chi connectivity index (χ1) is 11.5. The van der Waals surface area contributed by atoms with Gasteiger partial charge in [0.25, 0.3) is 5.91 Å². The van der Waals surface area contributed by atoms with Gasteiger partial charge in [-0.05, 0) is 43.2 Å². The molecule has 0 spiro atoms. The monoisotopic (exact) mass is 332 g/mol. The molecule has 0 aliphatic heterocycles. The minimum absolute atomic E-state index is 0.0843. The third-order valence-electron chi connectivity index (χ3n) is 4.51. The van der Waals surface area contributed by atoms with Gasteiger partial charge in [-0.15, -0.1) is 0 Å². The molecule has 0 heterocycles. The van der Waals surface area contributed by atoms with Crippen molar-refractivity contribution in [1.82, 2.24) is 5.43 Å². The maximum Gasteiger partial charge on any atom is 0.277 e. The summed E-state index contributed by atoms with van der Waals surface area (Å²) in [6.07, 6.45) is 3.33. The van der Waals surface area contributed by atoms with Gasteiger partial charge in [-0.2, -0.15) is 5.10 Å². The third kappa shape index (κ3) is 4.98. The zero-order valence-electron chi connectivity index (χ0n) is 15.0. The molecule has 0 bridgehead atoms. The number of carbonyl (C=O) groups is 1. The molecular formula is C19H28N2O3. The lowest BCUT2D eigenvalue weighted by Crippen LogP contribution is -2.32. The molecule has 0 radical (unpaired) electrons. The first-order valence-electron chi connectivity index (χ1n) is 8.62. The van der Waals surface area contributed by atoms with Crippen LogP contribution in [-0.2, 0) is 4.79 Å². The summed E-state index contributed by atoms with van der Waals surface area (Å²) < 4.78 is 10.7. The molecule has 0 aromatic heterocycles. The molecule has 1 amide bonds. The maximum atomic E-state index is 12.0. The Kier molecular flexibility index (Phi) is 6.64. The topological polar surface area (TPSA) is 59.9 Å². The lowest BCUT2D eigenvalue weighted by molar-refractivity contribution is -0.123. The molecule has 1 aromatic carbocycles. The van der Waals surface area contributed by atoms with Crippen molar-refractivity contribution < 1.29 is 14.3 Å². The van der Waals surface area contributed by atoms with Crippen LogP contribution in [0.25, 0.3) is 0 Å². The van der Waals surface area contributed by atoms with E-state index in [-0.39, 0.29) is 12.5 Å². The van der Waals surface area contributed by atoms with E-state index in [0.29, 0.717) is 29.3 Å². The summed E-state index contributed by atoms with van der Waals surface area (Å²) in [5.74, 6) is 2.52. The number of carbonyl (C=O) groups excluding carboxylic acids is 1. The highest BCUT2D eigenvalue weighted by Gasteiger charge is 2.27. The number of methoxy groups -OCH3 is 1. The van der Waals surface area contributed by atoms with Crippen molar-refractivity contribution in [2.45, 2.75) is 40.0 Å². The van der Waals surface area contributed by atoms with Crippen LogP contribution < -0.4 is 14.9 Å². The summed E-state index contributed by atoms with van der Waals surface area (Å²) in [4.78, 5) is 12.0. The van der Waals surface area contributed by atoms with E-state index in [9.17, 15) is 4.79 Å². The van der Waals surface area contributed by atoms with Crippen molar-refractivity contribution in [2.75, 3.05) is 13.7 Å². The lowest BCUT2D eigenvalue weighted by Gasteiger charge is -2.30. The number of hydrogen-bond donors (Lipinski definition) is 1. The van der Waals surface area contributed by atoms with Gasteiger partial charge in [-0.3, -0.25) is 4.79 Å². The van der Waals surface area contributed by atoms with Crippen molar-refractivity contribution in [1.29, 1.82) is 0 Å². The molecule has 5 nitrogen and oxygen atoms in total. The molecule has 132 valence electrons. The minimum atomic E-state index is -0.255. The first-order valence-corrected chi connectivity index (χ1v) is 8.62. The lowest BCUT2D eigenvalue weighted by atomic mass is 9.76. The summed E-state index contributed by atoms with van der Waals surface area (Å²) in [5, 5.41) is 4.40. The average molecular weight is 332 g/mol. The first kappa shape index (κ1) is 18.3. The molecule has 0 saturated heterocycles. The van der Waals surface area contributed by atoms with Crippen molar-refractivity contribution in [2.24, 2.45) is 22.9 Å². The number of rotatable bonds is 6. The van der Waals surface area contributed by atoms with Gasteiger partial charge in [0.2, 0.25) is 0 Å². The highest BCUT2D eigenvalue weighted by molar-refractivity contribution is 5.89. The largest absolute Gasteiger partial charge is 0.493 e. The van der Waals surface area contributed by atoms with Gasteiger partial charge in [-0.1, -0.05) is 32.9 Å². The number of hydrazone groups is 1. The van der Waals surface area contributed by atoms with E-state index in [2.05, 4.69) is 31.3 Å². The van der Waals surface area contributed by atoms with Gasteiger partial charge in [0.1, 0.15) is 0 Å². The Morgan fingerprint density at radius 2 is 2.00 bits per heavy atom. The van der Waals surface area contributed by atoms with Crippen molar-refractivity contribution in [3.8, 4) is 11.5 Å². The quantitative estimate of drug-likeness (QED) is 0.809. The molecule has 1 aliphatic carbocycles. The minimum Gasteiger partial charge on any atom is -0.493 e. The van der Waals surface area contributed by atoms with Crippen LogP contribution in [0.1, 0.15) is 40.0 Å². The van der Waals surface area contributed by atoms with E-state index in [1.54, 1.807) is 19.2 Å². The average Bonchev–Trinajstić information content (AvgIpc) is 2.58. The Balaban J connectivity index is 1.91. The number of amides is 1. The zero-order valence-corrected chi connectivity index (χ0v) is 15.0. The van der Waals surface area contributed by atoms with E-state index < -0.39 is 0 Å². The molecular weight excluding hydrogens is 304 g/mol. The molecule has 1 fully saturated rings. The highest BCUT2D eigenvalue weighted by Crippen LogP contribution is 2.31. The second-order valence-electron chi connectivity index (χ2n) is 6.81. The second-order valence-corrected chi connectivity index (χ2v) is 6.81. The van der Waals surface area contributed by atoms with Gasteiger partial charge >= 0.3 is 0 Å². The SMILES string of the molecule is COc1ccccc1OCC(=O)N/N=C1/C[C@@H](C)CC[C@H]1C(C)C. The van der Waals surface area contributed by atoms with E-state index in [0.717, 1.165) is 18.6 Å². The summed E-state index contributed by atoms with van der Waals surface area (Å²) >= 11 is 0. The fourth-order valence-corrected chi connectivity index (χ4v) is 3.14. The number of nitrogens with zero attached hydrogens (tertiary/aromatic N) is 1. The normalized spacial score (nSPS) is 22.5. The molecule has 1 aromatic rings. The summed E-state index contributed by atoms with van der Waals surface area (Å²) in [7, 11) is 1.57. The van der Waals surface area contributed by atoms with Crippen molar-refractivity contribution >= 4 is 11.6 Å². The molecule has 5 heteroatoms. The van der Waals surface area contributed by atoms with Crippen LogP contribution >= 0.6 is 0 Å². The predicted octanol–water partition coefficient (Wildman–Crippen LogP) is 3.64. The Labute approximate surface area is 144 Å². The fraction of sp³-hybridized carbons (Fsp3) is 0.579. The molecule has 0 unspecified atom stereocenters. The summed E-state index contributed by atoms with van der Waals surface area (Å²) in [5.41, 5.74) is 3.75. The van der Waals surface area contributed by atoms with Crippen LogP contribution in [0.15, 0.2) is 29.4 Å². The number of benzene rings is 1. The van der Waals surface area contributed by atoms with Crippen LogP contribution in [-0.4, -0.2) is 25.3 Å². The smallest absolute Gasteiger partial charge is 0.277 e. The van der Waals surface area contributed by atoms with Crippen LogP contribution in [0.5, 0.6) is 11.5 Å². The number of nitrogens with one attached hydrogen (secondary N) is 1. The molecule has 2 rings (SSSR count). The highest BCUT2D eigenvalue weighted by atomic mass is 16.5. The Hall–Kier alpha value is -2.04. The Bertz CT molecular complexity index is 584. The van der Waals surface area contributed by atoms with Crippen molar-refractivity contribution in [3.63, 3.8) is 0 Å². The Morgan fingerprint density at radius 1 is 1.29 bits per heavy atom. The van der Waals surface area contributed by atoms with E-state index in [1.165, 1.54) is 6.42 Å². The zero-order chi connectivity index (χ0) is 17.5. The fourth-order valence-electron chi connectivity index (χ4n) is 3.14. The van der Waals surface area contributed by atoms with Crippen LogP contribution in [0, 0.1) is 17.8 Å². The maximum absolute atomic E-state index is 12.0. The molecule has 1 aliphatic rings. The van der Waals surface area contributed by atoms with Gasteiger partial charge in [0.05, 0.1) is 7.11 Å². The van der Waals surface area contributed by atoms with Gasteiger partial charge in [0.15, 0.2) is 18.1 Å². The molecule has 2 atom stereocenters. The van der Waals surface area contributed by atoms with Gasteiger partial charge in [-0.25, -0.2) is 5.43 Å². The van der Waals surface area contributed by atoms with E-state index in [1.807, 2.05) is 12.1 Å². The second kappa shape index (κ2) is 8.71. The molecule has 1 N–H and O–H groups in total. The summed E-state index contributed by atoms with van der Waals surface area (Å²) in [6.45, 7) is 6.57. The summed E-state index contributed by atoms with van der Waals surface area (Å²) in [6, 6.07) is 7.26.